The lowest BCUT2D eigenvalue weighted by Gasteiger charge is -2.10. The maximum atomic E-state index is 11.4. The number of aromatic nitrogens is 2. The molecule has 0 bridgehead atoms. The molecule has 1 unspecified atom stereocenters. The second kappa shape index (κ2) is 6.15. The second-order valence-electron chi connectivity index (χ2n) is 3.25. The molecule has 6 heteroatoms. The van der Waals surface area contributed by atoms with Gasteiger partial charge in [-0.3, -0.25) is 9.89 Å². The zero-order chi connectivity index (χ0) is 11.1. The van der Waals surface area contributed by atoms with E-state index in [0.29, 0.717) is 25.1 Å². The summed E-state index contributed by atoms with van der Waals surface area (Å²) in [5, 5.41) is 9.00. The highest BCUT2D eigenvalue weighted by Crippen LogP contribution is 1.93. The number of methoxy groups -OCH3 is 1. The van der Waals surface area contributed by atoms with E-state index in [1.54, 1.807) is 13.3 Å². The Balaban J connectivity index is 2.18. The molecule has 84 valence electrons. The molecule has 15 heavy (non-hydrogen) atoms. The van der Waals surface area contributed by atoms with Crippen LogP contribution in [-0.2, 0) is 4.74 Å². The van der Waals surface area contributed by atoms with Crippen LogP contribution in [0.1, 0.15) is 16.8 Å². The minimum absolute atomic E-state index is 0.0420. The molecule has 0 aromatic carbocycles. The minimum Gasteiger partial charge on any atom is -0.383 e. The molecule has 0 aliphatic rings. The van der Waals surface area contributed by atoms with Gasteiger partial charge in [0.1, 0.15) is 0 Å². The first kappa shape index (κ1) is 11.7. The van der Waals surface area contributed by atoms with Gasteiger partial charge in [-0.1, -0.05) is 0 Å². The van der Waals surface area contributed by atoms with Crippen molar-refractivity contribution in [1.82, 2.24) is 15.5 Å². The highest BCUT2D eigenvalue weighted by Gasteiger charge is 2.06. The van der Waals surface area contributed by atoms with E-state index in [4.69, 9.17) is 10.5 Å². The quantitative estimate of drug-likeness (QED) is 0.593. The van der Waals surface area contributed by atoms with Crippen molar-refractivity contribution in [2.75, 3.05) is 20.3 Å². The van der Waals surface area contributed by atoms with Gasteiger partial charge in [-0.15, -0.1) is 0 Å². The van der Waals surface area contributed by atoms with Crippen molar-refractivity contribution in [3.8, 4) is 0 Å². The third kappa shape index (κ3) is 4.09. The van der Waals surface area contributed by atoms with Crippen molar-refractivity contribution in [2.45, 2.75) is 12.5 Å². The normalized spacial score (nSPS) is 12.4. The summed E-state index contributed by atoms with van der Waals surface area (Å²) in [5.41, 5.74) is 6.22. The molecular weight excluding hydrogens is 196 g/mol. The van der Waals surface area contributed by atoms with Gasteiger partial charge < -0.3 is 15.8 Å². The number of carbonyl (C=O) groups is 1. The van der Waals surface area contributed by atoms with Crippen LogP contribution >= 0.6 is 0 Å². The fourth-order valence-electron chi connectivity index (χ4n) is 1.15. The van der Waals surface area contributed by atoms with Gasteiger partial charge in [-0.05, 0) is 6.42 Å². The first-order chi connectivity index (χ1) is 7.24. The highest BCUT2D eigenvalue weighted by molar-refractivity contribution is 5.93. The number of aromatic amines is 1. The van der Waals surface area contributed by atoms with Crippen LogP contribution < -0.4 is 11.1 Å². The molecule has 0 aliphatic heterocycles. The van der Waals surface area contributed by atoms with Crippen LogP contribution in [0.25, 0.3) is 0 Å². The van der Waals surface area contributed by atoms with Crippen LogP contribution in [0.5, 0.6) is 0 Å². The first-order valence-corrected chi connectivity index (χ1v) is 4.75. The van der Waals surface area contributed by atoms with Gasteiger partial charge in [-0.2, -0.15) is 5.10 Å². The van der Waals surface area contributed by atoms with Crippen molar-refractivity contribution in [3.05, 3.63) is 18.0 Å². The fourth-order valence-corrected chi connectivity index (χ4v) is 1.15. The third-order valence-corrected chi connectivity index (χ3v) is 1.94. The SMILES string of the molecule is COCC(N)CCNC(=O)c1cn[nH]c1. The Morgan fingerprint density at radius 3 is 3.20 bits per heavy atom. The lowest BCUT2D eigenvalue weighted by atomic mass is 10.2. The molecule has 0 radical (unpaired) electrons. The lowest BCUT2D eigenvalue weighted by Crippen LogP contribution is -2.32. The molecule has 1 aromatic heterocycles. The Hall–Kier alpha value is -1.40. The Kier molecular flexibility index (Phi) is 4.79. The predicted octanol–water partition coefficient (Wildman–Crippen LogP) is -0.497. The number of nitrogens with one attached hydrogen (secondary N) is 2. The standard InChI is InChI=1S/C9H16N4O2/c1-15-6-8(10)2-3-11-9(14)7-4-12-13-5-7/h4-5,8H,2-3,6,10H2,1H3,(H,11,14)(H,12,13). The Labute approximate surface area is 88.2 Å². The molecule has 1 heterocycles. The van der Waals surface area contributed by atoms with Gasteiger partial charge in [0.05, 0.1) is 18.4 Å². The maximum absolute atomic E-state index is 11.4. The van der Waals surface area contributed by atoms with E-state index in [2.05, 4.69) is 15.5 Å². The first-order valence-electron chi connectivity index (χ1n) is 4.75. The van der Waals surface area contributed by atoms with E-state index in [1.807, 2.05) is 0 Å². The van der Waals surface area contributed by atoms with Crippen LogP contribution in [0, 0.1) is 0 Å². The Bertz CT molecular complexity index is 286. The maximum Gasteiger partial charge on any atom is 0.254 e. The van der Waals surface area contributed by atoms with Crippen molar-refractivity contribution in [3.63, 3.8) is 0 Å². The van der Waals surface area contributed by atoms with Gasteiger partial charge >= 0.3 is 0 Å². The highest BCUT2D eigenvalue weighted by atomic mass is 16.5. The zero-order valence-electron chi connectivity index (χ0n) is 8.69. The van der Waals surface area contributed by atoms with Gasteiger partial charge in [0, 0.05) is 25.9 Å². The molecule has 1 rings (SSSR count). The van der Waals surface area contributed by atoms with Gasteiger partial charge in [0.2, 0.25) is 0 Å². The fraction of sp³-hybridized carbons (Fsp3) is 0.556. The van der Waals surface area contributed by atoms with E-state index in [-0.39, 0.29) is 11.9 Å². The number of hydrogen-bond acceptors (Lipinski definition) is 4. The summed E-state index contributed by atoms with van der Waals surface area (Å²) in [4.78, 5) is 11.4. The zero-order valence-corrected chi connectivity index (χ0v) is 8.69. The molecular formula is C9H16N4O2. The molecule has 1 aromatic rings. The minimum atomic E-state index is -0.145. The van der Waals surface area contributed by atoms with Crippen LogP contribution in [0.2, 0.25) is 0 Å². The molecule has 4 N–H and O–H groups in total. The molecule has 1 atom stereocenters. The van der Waals surface area contributed by atoms with E-state index in [1.165, 1.54) is 6.20 Å². The number of nitrogens with two attached hydrogens (primary N) is 1. The van der Waals surface area contributed by atoms with E-state index >= 15 is 0 Å². The van der Waals surface area contributed by atoms with E-state index in [9.17, 15) is 4.79 Å². The topological polar surface area (TPSA) is 93.0 Å². The number of amides is 1. The molecule has 0 fully saturated rings. The number of carbonyl (C=O) groups excluding carboxylic acids is 1. The van der Waals surface area contributed by atoms with E-state index in [0.717, 1.165) is 0 Å². The molecule has 6 nitrogen and oxygen atoms in total. The number of nitrogens with zero attached hydrogens (tertiary/aromatic N) is 1. The summed E-state index contributed by atoms with van der Waals surface area (Å²) >= 11 is 0. The summed E-state index contributed by atoms with van der Waals surface area (Å²) < 4.78 is 4.88. The van der Waals surface area contributed by atoms with Crippen LogP contribution in [0.4, 0.5) is 0 Å². The summed E-state index contributed by atoms with van der Waals surface area (Å²) in [6.07, 6.45) is 3.71. The average Bonchev–Trinajstić information content (AvgIpc) is 2.70. The van der Waals surface area contributed by atoms with Crippen LogP contribution in [-0.4, -0.2) is 42.4 Å². The summed E-state index contributed by atoms with van der Waals surface area (Å²) in [6.45, 7) is 1.04. The van der Waals surface area contributed by atoms with Crippen molar-refractivity contribution in [1.29, 1.82) is 0 Å². The largest absolute Gasteiger partial charge is 0.383 e. The summed E-state index contributed by atoms with van der Waals surface area (Å²) in [5.74, 6) is -0.145. The van der Waals surface area contributed by atoms with E-state index < -0.39 is 0 Å². The molecule has 0 spiro atoms. The number of H-pyrrole nitrogens is 1. The number of hydrogen-bond donors (Lipinski definition) is 3. The molecule has 0 aliphatic carbocycles. The van der Waals surface area contributed by atoms with Crippen molar-refractivity contribution < 1.29 is 9.53 Å². The smallest absolute Gasteiger partial charge is 0.254 e. The average molecular weight is 212 g/mol. The third-order valence-electron chi connectivity index (χ3n) is 1.94. The van der Waals surface area contributed by atoms with Crippen molar-refractivity contribution in [2.24, 2.45) is 5.73 Å². The monoisotopic (exact) mass is 212 g/mol. The Morgan fingerprint density at radius 2 is 2.60 bits per heavy atom. The van der Waals surface area contributed by atoms with Gasteiger partial charge in [-0.25, -0.2) is 0 Å². The second-order valence-corrected chi connectivity index (χ2v) is 3.25. The molecule has 0 saturated heterocycles. The van der Waals surface area contributed by atoms with Gasteiger partial charge in [0.15, 0.2) is 0 Å². The van der Waals surface area contributed by atoms with Crippen molar-refractivity contribution >= 4 is 5.91 Å². The molecule has 0 saturated carbocycles. The van der Waals surface area contributed by atoms with Crippen LogP contribution in [0.3, 0.4) is 0 Å². The number of rotatable bonds is 6. The molecule has 1 amide bonds. The summed E-state index contributed by atoms with van der Waals surface area (Å²) in [6, 6.07) is -0.0420. The number of ether oxygens (including phenoxy) is 1. The Morgan fingerprint density at radius 1 is 1.80 bits per heavy atom. The van der Waals surface area contributed by atoms with Crippen LogP contribution in [0.15, 0.2) is 12.4 Å². The lowest BCUT2D eigenvalue weighted by molar-refractivity contribution is 0.0950. The summed E-state index contributed by atoms with van der Waals surface area (Å²) in [7, 11) is 1.60. The van der Waals surface area contributed by atoms with Gasteiger partial charge in [0.25, 0.3) is 5.91 Å². The predicted molar refractivity (Wildman–Crippen MR) is 55.4 cm³/mol.